The van der Waals surface area contributed by atoms with Crippen LogP contribution in [0.3, 0.4) is 0 Å². The molecule has 2 unspecified atom stereocenters. The highest BCUT2D eigenvalue weighted by Gasteiger charge is 2.20. The molecule has 2 rings (SSSR count). The van der Waals surface area contributed by atoms with Gasteiger partial charge in [-0.3, -0.25) is 0 Å². The molecule has 1 N–H and O–H groups in total. The molecule has 4 nitrogen and oxygen atoms in total. The molecule has 15 heavy (non-hydrogen) atoms. The highest BCUT2D eigenvalue weighted by atomic mass is 32.1. The number of rotatable bonds is 4. The molecule has 2 atom stereocenters. The molecule has 0 aliphatic carbocycles. The number of nitrogens with zero attached hydrogens (tertiary/aromatic N) is 2. The zero-order valence-corrected chi connectivity index (χ0v) is 9.80. The molecule has 0 amide bonds. The van der Waals surface area contributed by atoms with Crippen LogP contribution in [-0.2, 0) is 11.3 Å². The Kier molecular flexibility index (Phi) is 4.05. The van der Waals surface area contributed by atoms with Crippen molar-refractivity contribution in [1.29, 1.82) is 0 Å². The van der Waals surface area contributed by atoms with Crippen molar-refractivity contribution in [2.75, 3.05) is 13.2 Å². The third-order valence-electron chi connectivity index (χ3n) is 2.91. The summed E-state index contributed by atoms with van der Waals surface area (Å²) in [5, 5.41) is 3.48. The van der Waals surface area contributed by atoms with Crippen molar-refractivity contribution < 1.29 is 4.74 Å². The van der Waals surface area contributed by atoms with E-state index in [0.29, 0.717) is 12.0 Å². The van der Waals surface area contributed by atoms with Gasteiger partial charge in [0.15, 0.2) is 0 Å². The molecule has 0 aromatic carbocycles. The van der Waals surface area contributed by atoms with E-state index in [-0.39, 0.29) is 0 Å². The van der Waals surface area contributed by atoms with E-state index in [1.54, 1.807) is 0 Å². The van der Waals surface area contributed by atoms with Crippen LogP contribution in [0.4, 0.5) is 0 Å². The molecule has 84 valence electrons. The van der Waals surface area contributed by atoms with Crippen LogP contribution in [-0.4, -0.2) is 28.0 Å². The molecule has 1 aromatic heterocycles. The van der Waals surface area contributed by atoms with Gasteiger partial charge in [0.25, 0.3) is 0 Å². The molecule has 0 saturated carbocycles. The minimum Gasteiger partial charge on any atom is -0.381 e. The van der Waals surface area contributed by atoms with Gasteiger partial charge < -0.3 is 10.1 Å². The van der Waals surface area contributed by atoms with Crippen molar-refractivity contribution >= 4 is 11.7 Å². The predicted molar refractivity (Wildman–Crippen MR) is 59.8 cm³/mol. The number of ether oxygens (including phenoxy) is 1. The van der Waals surface area contributed by atoms with E-state index in [9.17, 15) is 0 Å². The van der Waals surface area contributed by atoms with Gasteiger partial charge in [-0.1, -0.05) is 0 Å². The number of hydrogen-bond donors (Lipinski definition) is 1. The number of nitrogens with one attached hydrogen (secondary N) is 1. The van der Waals surface area contributed by atoms with Crippen molar-refractivity contribution in [2.45, 2.75) is 32.4 Å². The highest BCUT2D eigenvalue weighted by Crippen LogP contribution is 2.17. The fraction of sp³-hybridized carbons (Fsp3) is 0.800. The van der Waals surface area contributed by atoms with Crippen molar-refractivity contribution in [3.8, 4) is 0 Å². The van der Waals surface area contributed by atoms with Crippen LogP contribution in [0.25, 0.3) is 0 Å². The Bertz CT molecular complexity index is 272. The lowest BCUT2D eigenvalue weighted by atomic mass is 9.95. The zero-order chi connectivity index (χ0) is 10.5. The van der Waals surface area contributed by atoms with E-state index in [1.165, 1.54) is 24.6 Å². The van der Waals surface area contributed by atoms with Gasteiger partial charge in [0, 0.05) is 19.2 Å². The van der Waals surface area contributed by atoms with Crippen molar-refractivity contribution in [3.05, 3.63) is 11.9 Å². The van der Waals surface area contributed by atoms with Gasteiger partial charge in [-0.15, -0.1) is 0 Å². The van der Waals surface area contributed by atoms with Crippen molar-refractivity contribution in [3.63, 3.8) is 0 Å². The maximum Gasteiger partial charge on any atom is 0.0880 e. The molecule has 0 bridgehead atoms. The second-order valence-corrected chi connectivity index (χ2v) is 4.60. The van der Waals surface area contributed by atoms with E-state index >= 15 is 0 Å². The Hall–Kier alpha value is -0.520. The van der Waals surface area contributed by atoms with Gasteiger partial charge in [0.1, 0.15) is 0 Å². The monoisotopic (exact) mass is 227 g/mol. The Balaban J connectivity index is 1.74. The Labute approximate surface area is 94.4 Å². The van der Waals surface area contributed by atoms with E-state index < -0.39 is 0 Å². The summed E-state index contributed by atoms with van der Waals surface area (Å²) >= 11 is 1.26. The van der Waals surface area contributed by atoms with Crippen LogP contribution in [0.2, 0.25) is 0 Å². The molecule has 2 heterocycles. The summed E-state index contributed by atoms with van der Waals surface area (Å²) in [4.78, 5) is 0. The molecule has 1 aliphatic heterocycles. The van der Waals surface area contributed by atoms with Gasteiger partial charge in [-0.25, -0.2) is 0 Å². The fourth-order valence-electron chi connectivity index (χ4n) is 1.85. The second kappa shape index (κ2) is 5.53. The van der Waals surface area contributed by atoms with Gasteiger partial charge >= 0.3 is 0 Å². The summed E-state index contributed by atoms with van der Waals surface area (Å²) in [5.74, 6) is 0.644. The first-order valence-corrected chi connectivity index (χ1v) is 6.17. The summed E-state index contributed by atoms with van der Waals surface area (Å²) in [6.07, 6.45) is 4.28. The van der Waals surface area contributed by atoms with E-state index in [2.05, 4.69) is 21.0 Å². The van der Waals surface area contributed by atoms with Crippen LogP contribution in [0.15, 0.2) is 6.20 Å². The zero-order valence-electron chi connectivity index (χ0n) is 8.98. The topological polar surface area (TPSA) is 47.0 Å². The lowest BCUT2D eigenvalue weighted by Crippen LogP contribution is -2.37. The SMILES string of the molecule is CC(NCc1cnsn1)C1CCCOC1. The summed E-state index contributed by atoms with van der Waals surface area (Å²) in [5.41, 5.74) is 1.03. The maximum atomic E-state index is 5.47. The third-order valence-corrected chi connectivity index (χ3v) is 3.43. The van der Waals surface area contributed by atoms with Crippen molar-refractivity contribution in [1.82, 2.24) is 14.1 Å². The van der Waals surface area contributed by atoms with E-state index in [4.69, 9.17) is 4.74 Å². The predicted octanol–water partition coefficient (Wildman–Crippen LogP) is 1.44. The summed E-state index contributed by atoms with van der Waals surface area (Å²) in [6, 6.07) is 0.493. The molecule has 1 aliphatic rings. The normalized spacial score (nSPS) is 23.9. The molecular weight excluding hydrogens is 210 g/mol. The molecule has 1 saturated heterocycles. The Morgan fingerprint density at radius 3 is 3.33 bits per heavy atom. The van der Waals surface area contributed by atoms with Crippen LogP contribution < -0.4 is 5.32 Å². The summed E-state index contributed by atoms with van der Waals surface area (Å²) in [7, 11) is 0. The molecule has 5 heteroatoms. The summed E-state index contributed by atoms with van der Waals surface area (Å²) in [6.45, 7) is 4.86. The van der Waals surface area contributed by atoms with Crippen LogP contribution in [0.1, 0.15) is 25.5 Å². The first-order valence-electron chi connectivity index (χ1n) is 5.44. The number of aromatic nitrogens is 2. The molecule has 1 aromatic rings. The lowest BCUT2D eigenvalue weighted by Gasteiger charge is -2.28. The largest absolute Gasteiger partial charge is 0.381 e. The molecular formula is C10H17N3OS. The Morgan fingerprint density at radius 1 is 1.73 bits per heavy atom. The standard InChI is InChI=1S/C10H17N3OS/c1-8(9-3-2-4-14-7-9)11-5-10-6-12-15-13-10/h6,8-9,11H,2-5,7H2,1H3. The highest BCUT2D eigenvalue weighted by molar-refractivity contribution is 6.99. The van der Waals surface area contributed by atoms with Gasteiger partial charge in [-0.2, -0.15) is 8.75 Å². The first-order chi connectivity index (χ1) is 7.36. The van der Waals surface area contributed by atoms with Gasteiger partial charge in [-0.05, 0) is 25.7 Å². The van der Waals surface area contributed by atoms with Crippen molar-refractivity contribution in [2.24, 2.45) is 5.92 Å². The smallest absolute Gasteiger partial charge is 0.0880 e. The minimum absolute atomic E-state index is 0.493. The van der Waals surface area contributed by atoms with Crippen LogP contribution >= 0.6 is 11.7 Å². The third kappa shape index (κ3) is 3.22. The lowest BCUT2D eigenvalue weighted by molar-refractivity contribution is 0.0417. The van der Waals surface area contributed by atoms with Crippen LogP contribution in [0, 0.1) is 5.92 Å². The molecule has 0 spiro atoms. The van der Waals surface area contributed by atoms with Gasteiger partial charge in [0.2, 0.25) is 0 Å². The minimum atomic E-state index is 0.493. The van der Waals surface area contributed by atoms with E-state index in [0.717, 1.165) is 25.5 Å². The fourth-order valence-corrected chi connectivity index (χ4v) is 2.29. The van der Waals surface area contributed by atoms with E-state index in [1.807, 2.05) is 6.20 Å². The molecule has 1 fully saturated rings. The average Bonchev–Trinajstić information content (AvgIpc) is 2.80. The maximum absolute atomic E-state index is 5.47. The average molecular weight is 227 g/mol. The summed E-state index contributed by atoms with van der Waals surface area (Å²) < 4.78 is 13.6. The molecule has 0 radical (unpaired) electrons. The second-order valence-electron chi connectivity index (χ2n) is 4.05. The Morgan fingerprint density at radius 2 is 2.67 bits per heavy atom. The first kappa shape index (κ1) is 11.0. The number of hydrogen-bond acceptors (Lipinski definition) is 5. The van der Waals surface area contributed by atoms with Crippen LogP contribution in [0.5, 0.6) is 0 Å². The van der Waals surface area contributed by atoms with Gasteiger partial charge in [0.05, 0.1) is 30.2 Å². The quantitative estimate of drug-likeness (QED) is 0.845.